The number of nitrogens with zero attached hydrogens (tertiary/aromatic N) is 2. The predicted octanol–water partition coefficient (Wildman–Crippen LogP) is 3.27. The second-order valence-corrected chi connectivity index (χ2v) is 4.61. The van der Waals surface area contributed by atoms with Gasteiger partial charge in [-0.3, -0.25) is 4.68 Å². The maximum atomic E-state index is 5.85. The van der Waals surface area contributed by atoms with Crippen LogP contribution in [0.2, 0.25) is 0 Å². The highest BCUT2D eigenvalue weighted by atomic mass is 16.5. The minimum absolute atomic E-state index is 0.546. The molecule has 2 aromatic heterocycles. The average Bonchev–Trinajstić information content (AvgIpc) is 3.01. The smallest absolute Gasteiger partial charge is 0.130 e. The summed E-state index contributed by atoms with van der Waals surface area (Å²) in [7, 11) is 0. The molecule has 0 unspecified atom stereocenters. The third kappa shape index (κ3) is 2.34. The van der Waals surface area contributed by atoms with Crippen molar-refractivity contribution in [3.05, 3.63) is 47.9 Å². The van der Waals surface area contributed by atoms with Crippen LogP contribution in [0.15, 0.2) is 36.5 Å². The van der Waals surface area contributed by atoms with Gasteiger partial charge in [0, 0.05) is 23.6 Å². The van der Waals surface area contributed by atoms with Gasteiger partial charge in [-0.15, -0.1) is 0 Å². The number of rotatable bonds is 4. The standard InChI is InChI=1S/C15H17N3O/c1-3-18-13(8-11(2)17-18)10-19-14-4-5-15-12(9-14)6-7-16-15/h4-9,16H,3,10H2,1-2H3. The zero-order valence-electron chi connectivity index (χ0n) is 11.2. The number of hydrogen-bond acceptors (Lipinski definition) is 2. The maximum Gasteiger partial charge on any atom is 0.130 e. The van der Waals surface area contributed by atoms with Gasteiger partial charge in [-0.05, 0) is 44.2 Å². The van der Waals surface area contributed by atoms with Gasteiger partial charge in [-0.1, -0.05) is 0 Å². The van der Waals surface area contributed by atoms with Crippen molar-refractivity contribution >= 4 is 10.9 Å². The van der Waals surface area contributed by atoms with E-state index in [9.17, 15) is 0 Å². The Morgan fingerprint density at radius 2 is 2.16 bits per heavy atom. The van der Waals surface area contributed by atoms with Crippen molar-refractivity contribution < 1.29 is 4.74 Å². The van der Waals surface area contributed by atoms with E-state index in [2.05, 4.69) is 23.1 Å². The first kappa shape index (κ1) is 11.8. The molecule has 0 saturated carbocycles. The van der Waals surface area contributed by atoms with Gasteiger partial charge in [0.1, 0.15) is 12.4 Å². The number of hydrogen-bond donors (Lipinski definition) is 1. The molecule has 1 aromatic carbocycles. The zero-order chi connectivity index (χ0) is 13.2. The number of nitrogens with one attached hydrogen (secondary N) is 1. The van der Waals surface area contributed by atoms with Gasteiger partial charge in [0.05, 0.1) is 11.4 Å². The van der Waals surface area contributed by atoms with Gasteiger partial charge in [-0.2, -0.15) is 5.10 Å². The SMILES string of the molecule is CCn1nc(C)cc1COc1ccc2[nH]ccc2c1. The molecule has 0 aliphatic rings. The summed E-state index contributed by atoms with van der Waals surface area (Å²) in [6.07, 6.45) is 1.93. The van der Waals surface area contributed by atoms with Crippen LogP contribution in [0.4, 0.5) is 0 Å². The van der Waals surface area contributed by atoms with Crippen molar-refractivity contribution in [2.24, 2.45) is 0 Å². The Bertz CT molecular complexity index is 696. The molecule has 0 atom stereocenters. The van der Waals surface area contributed by atoms with E-state index < -0.39 is 0 Å². The van der Waals surface area contributed by atoms with Gasteiger partial charge >= 0.3 is 0 Å². The highest BCUT2D eigenvalue weighted by Crippen LogP contribution is 2.20. The number of aryl methyl sites for hydroxylation is 2. The van der Waals surface area contributed by atoms with Crippen LogP contribution in [0, 0.1) is 6.92 Å². The van der Waals surface area contributed by atoms with Crippen LogP contribution in [-0.4, -0.2) is 14.8 Å². The van der Waals surface area contributed by atoms with Crippen LogP contribution < -0.4 is 4.74 Å². The summed E-state index contributed by atoms with van der Waals surface area (Å²) < 4.78 is 7.83. The van der Waals surface area contributed by atoms with Crippen molar-refractivity contribution in [2.75, 3.05) is 0 Å². The lowest BCUT2D eigenvalue weighted by Gasteiger charge is -2.07. The molecule has 4 heteroatoms. The highest BCUT2D eigenvalue weighted by Gasteiger charge is 2.05. The number of fused-ring (bicyclic) bond motifs is 1. The molecule has 2 heterocycles. The van der Waals surface area contributed by atoms with Gasteiger partial charge < -0.3 is 9.72 Å². The van der Waals surface area contributed by atoms with Crippen LogP contribution in [-0.2, 0) is 13.2 Å². The fourth-order valence-corrected chi connectivity index (χ4v) is 2.27. The molecular weight excluding hydrogens is 238 g/mol. The van der Waals surface area contributed by atoms with Crippen molar-refractivity contribution in [2.45, 2.75) is 27.0 Å². The molecule has 0 bridgehead atoms. The van der Waals surface area contributed by atoms with Gasteiger partial charge in [0.15, 0.2) is 0 Å². The molecule has 0 spiro atoms. The Kier molecular flexibility index (Phi) is 2.99. The second-order valence-electron chi connectivity index (χ2n) is 4.61. The summed E-state index contributed by atoms with van der Waals surface area (Å²) in [5.74, 6) is 0.883. The van der Waals surface area contributed by atoms with E-state index in [1.54, 1.807) is 0 Å². The van der Waals surface area contributed by atoms with Crippen LogP contribution >= 0.6 is 0 Å². The molecule has 0 fully saturated rings. The van der Waals surface area contributed by atoms with E-state index in [0.29, 0.717) is 6.61 Å². The van der Waals surface area contributed by atoms with Crippen LogP contribution in [0.5, 0.6) is 5.75 Å². The van der Waals surface area contributed by atoms with Crippen LogP contribution in [0.3, 0.4) is 0 Å². The first-order chi connectivity index (χ1) is 9.26. The third-order valence-electron chi connectivity index (χ3n) is 3.20. The van der Waals surface area contributed by atoms with Crippen molar-refractivity contribution in [3.63, 3.8) is 0 Å². The Labute approximate surface area is 112 Å². The molecule has 0 aliphatic carbocycles. The molecule has 0 saturated heterocycles. The summed E-state index contributed by atoms with van der Waals surface area (Å²) in [6, 6.07) is 10.2. The van der Waals surface area contributed by atoms with Crippen molar-refractivity contribution in [1.29, 1.82) is 0 Å². The molecule has 1 N–H and O–H groups in total. The van der Waals surface area contributed by atoms with E-state index in [1.165, 1.54) is 0 Å². The maximum absolute atomic E-state index is 5.85. The number of aromatic amines is 1. The Balaban J connectivity index is 1.77. The molecular formula is C15H17N3O. The topological polar surface area (TPSA) is 42.8 Å². The first-order valence-corrected chi connectivity index (χ1v) is 6.49. The van der Waals surface area contributed by atoms with E-state index in [-0.39, 0.29) is 0 Å². The molecule has 98 valence electrons. The average molecular weight is 255 g/mol. The summed E-state index contributed by atoms with van der Waals surface area (Å²) in [5, 5.41) is 5.58. The van der Waals surface area contributed by atoms with Crippen molar-refractivity contribution in [3.8, 4) is 5.75 Å². The fraction of sp³-hybridized carbons (Fsp3) is 0.267. The summed E-state index contributed by atoms with van der Waals surface area (Å²) >= 11 is 0. The van der Waals surface area contributed by atoms with E-state index >= 15 is 0 Å². The monoisotopic (exact) mass is 255 g/mol. The van der Waals surface area contributed by atoms with E-state index in [1.807, 2.05) is 42.1 Å². The molecule has 3 aromatic rings. The Morgan fingerprint density at radius 1 is 1.26 bits per heavy atom. The minimum Gasteiger partial charge on any atom is -0.487 e. The second kappa shape index (κ2) is 4.80. The third-order valence-corrected chi connectivity index (χ3v) is 3.20. The minimum atomic E-state index is 0.546. The van der Waals surface area contributed by atoms with Gasteiger partial charge in [0.2, 0.25) is 0 Å². The fourth-order valence-electron chi connectivity index (χ4n) is 2.27. The molecule has 19 heavy (non-hydrogen) atoms. The van der Waals surface area contributed by atoms with E-state index in [0.717, 1.165) is 34.6 Å². The lowest BCUT2D eigenvalue weighted by Crippen LogP contribution is -2.06. The molecule has 3 rings (SSSR count). The highest BCUT2D eigenvalue weighted by molar-refractivity contribution is 5.80. The number of H-pyrrole nitrogens is 1. The van der Waals surface area contributed by atoms with Crippen molar-refractivity contribution in [1.82, 2.24) is 14.8 Å². The number of ether oxygens (including phenoxy) is 1. The summed E-state index contributed by atoms with van der Waals surface area (Å²) in [6.45, 7) is 5.50. The predicted molar refractivity (Wildman–Crippen MR) is 75.3 cm³/mol. The molecule has 4 nitrogen and oxygen atoms in total. The van der Waals surface area contributed by atoms with E-state index in [4.69, 9.17) is 4.74 Å². The quantitative estimate of drug-likeness (QED) is 0.777. The zero-order valence-corrected chi connectivity index (χ0v) is 11.2. The number of aromatic nitrogens is 3. The Hall–Kier alpha value is -2.23. The van der Waals surface area contributed by atoms with Crippen LogP contribution in [0.25, 0.3) is 10.9 Å². The number of benzene rings is 1. The molecule has 0 radical (unpaired) electrons. The normalized spacial score (nSPS) is 11.1. The first-order valence-electron chi connectivity index (χ1n) is 6.49. The lowest BCUT2D eigenvalue weighted by atomic mass is 10.2. The van der Waals surface area contributed by atoms with Gasteiger partial charge in [-0.25, -0.2) is 0 Å². The summed E-state index contributed by atoms with van der Waals surface area (Å²) in [5.41, 5.74) is 3.26. The Morgan fingerprint density at radius 3 is 3.00 bits per heavy atom. The lowest BCUT2D eigenvalue weighted by molar-refractivity contribution is 0.293. The largest absolute Gasteiger partial charge is 0.487 e. The summed E-state index contributed by atoms with van der Waals surface area (Å²) in [4.78, 5) is 3.17. The molecule has 0 amide bonds. The van der Waals surface area contributed by atoms with Crippen LogP contribution in [0.1, 0.15) is 18.3 Å². The van der Waals surface area contributed by atoms with Gasteiger partial charge in [0.25, 0.3) is 0 Å². The molecule has 0 aliphatic heterocycles.